The van der Waals surface area contributed by atoms with E-state index in [0.29, 0.717) is 6.54 Å². The third-order valence-electron chi connectivity index (χ3n) is 3.01. The van der Waals surface area contributed by atoms with E-state index < -0.39 is 11.2 Å². The molecule has 2 rings (SSSR count). The van der Waals surface area contributed by atoms with E-state index >= 15 is 0 Å². The molecule has 4 N–H and O–H groups in total. The molecule has 0 amide bonds. The zero-order valence-corrected chi connectivity index (χ0v) is 11.6. The maximum atomic E-state index is 11.7. The van der Waals surface area contributed by atoms with Crippen molar-refractivity contribution in [1.82, 2.24) is 9.55 Å². The van der Waals surface area contributed by atoms with Crippen LogP contribution in [-0.2, 0) is 20.0 Å². The standard InChI is InChI=1S/C12H16N4O2S/c1-3-7-4-5-19-8(7)6-14-9-10(13)16(2)12(18)15-11(9)17/h4-5,14H,3,6,13H2,1-2H3,(H,15,17,18). The summed E-state index contributed by atoms with van der Waals surface area (Å²) in [5.41, 5.74) is 6.25. The Labute approximate surface area is 113 Å². The second kappa shape index (κ2) is 5.31. The fourth-order valence-electron chi connectivity index (χ4n) is 1.81. The van der Waals surface area contributed by atoms with E-state index in [2.05, 4.69) is 23.3 Å². The average molecular weight is 280 g/mol. The zero-order valence-electron chi connectivity index (χ0n) is 10.8. The molecule has 2 aromatic heterocycles. The molecule has 0 aliphatic carbocycles. The highest BCUT2D eigenvalue weighted by Crippen LogP contribution is 2.19. The molecule has 0 spiro atoms. The lowest BCUT2D eigenvalue weighted by Crippen LogP contribution is -2.32. The van der Waals surface area contributed by atoms with E-state index in [1.54, 1.807) is 11.3 Å². The van der Waals surface area contributed by atoms with Gasteiger partial charge in [0.15, 0.2) is 0 Å². The normalized spacial score (nSPS) is 10.6. The summed E-state index contributed by atoms with van der Waals surface area (Å²) in [6.07, 6.45) is 0.944. The Morgan fingerprint density at radius 2 is 2.21 bits per heavy atom. The van der Waals surface area contributed by atoms with Gasteiger partial charge in [-0.3, -0.25) is 14.3 Å². The van der Waals surface area contributed by atoms with E-state index in [0.717, 1.165) is 11.3 Å². The predicted octanol–water partition coefficient (Wildman–Crippen LogP) is 0.892. The fraction of sp³-hybridized carbons (Fsp3) is 0.333. The van der Waals surface area contributed by atoms with Crippen molar-refractivity contribution in [1.29, 1.82) is 0 Å². The van der Waals surface area contributed by atoms with Crippen molar-refractivity contribution in [3.8, 4) is 0 Å². The van der Waals surface area contributed by atoms with Gasteiger partial charge in [0, 0.05) is 18.5 Å². The van der Waals surface area contributed by atoms with Crippen LogP contribution in [0.3, 0.4) is 0 Å². The maximum absolute atomic E-state index is 11.7. The summed E-state index contributed by atoms with van der Waals surface area (Å²) >= 11 is 1.63. The summed E-state index contributed by atoms with van der Waals surface area (Å²) in [6.45, 7) is 2.60. The number of nitrogens with two attached hydrogens (primary N) is 1. The van der Waals surface area contributed by atoms with Crippen molar-refractivity contribution in [2.45, 2.75) is 19.9 Å². The smallest absolute Gasteiger partial charge is 0.329 e. The third-order valence-corrected chi connectivity index (χ3v) is 3.98. The summed E-state index contributed by atoms with van der Waals surface area (Å²) in [7, 11) is 1.52. The minimum atomic E-state index is -0.515. The van der Waals surface area contributed by atoms with Crippen LogP contribution in [0, 0.1) is 0 Å². The Kier molecular flexibility index (Phi) is 3.75. The summed E-state index contributed by atoms with van der Waals surface area (Å²) in [6, 6.07) is 2.07. The highest BCUT2D eigenvalue weighted by Gasteiger charge is 2.10. The molecule has 0 fully saturated rings. The lowest BCUT2D eigenvalue weighted by molar-refractivity contribution is 0.812. The number of anilines is 2. The molecular formula is C12H16N4O2S. The first-order valence-electron chi connectivity index (χ1n) is 5.92. The average Bonchev–Trinajstić information content (AvgIpc) is 2.83. The minimum absolute atomic E-state index is 0.142. The highest BCUT2D eigenvalue weighted by molar-refractivity contribution is 7.10. The van der Waals surface area contributed by atoms with Crippen LogP contribution in [0.5, 0.6) is 0 Å². The maximum Gasteiger partial charge on any atom is 0.329 e. The van der Waals surface area contributed by atoms with Gasteiger partial charge in [0.05, 0.1) is 0 Å². The van der Waals surface area contributed by atoms with Crippen LogP contribution < -0.4 is 22.3 Å². The lowest BCUT2D eigenvalue weighted by atomic mass is 10.2. The van der Waals surface area contributed by atoms with Gasteiger partial charge in [-0.15, -0.1) is 11.3 Å². The molecular weight excluding hydrogens is 264 g/mol. The number of nitrogens with one attached hydrogen (secondary N) is 2. The summed E-state index contributed by atoms with van der Waals surface area (Å²) in [4.78, 5) is 26.4. The SMILES string of the molecule is CCc1ccsc1CNc1c(N)n(C)c(=O)[nH]c1=O. The Bertz CT molecular complexity index is 698. The zero-order chi connectivity index (χ0) is 14.0. The van der Waals surface area contributed by atoms with Gasteiger partial charge in [-0.1, -0.05) is 6.92 Å². The van der Waals surface area contributed by atoms with Crippen LogP contribution >= 0.6 is 11.3 Å². The Balaban J connectivity index is 2.28. The highest BCUT2D eigenvalue weighted by atomic mass is 32.1. The minimum Gasteiger partial charge on any atom is -0.383 e. The molecule has 19 heavy (non-hydrogen) atoms. The van der Waals surface area contributed by atoms with Crippen molar-refractivity contribution in [3.05, 3.63) is 42.7 Å². The van der Waals surface area contributed by atoms with Gasteiger partial charge in [0.1, 0.15) is 11.5 Å². The van der Waals surface area contributed by atoms with Crippen molar-refractivity contribution in [3.63, 3.8) is 0 Å². The molecule has 6 nitrogen and oxygen atoms in total. The molecule has 0 aliphatic rings. The number of aryl methyl sites for hydroxylation is 1. The molecule has 0 bridgehead atoms. The van der Waals surface area contributed by atoms with Crippen molar-refractivity contribution in [2.75, 3.05) is 11.1 Å². The molecule has 0 saturated carbocycles. The number of hydrogen-bond donors (Lipinski definition) is 3. The van der Waals surface area contributed by atoms with E-state index in [1.807, 2.05) is 5.38 Å². The number of hydrogen-bond acceptors (Lipinski definition) is 5. The molecule has 2 aromatic rings. The topological polar surface area (TPSA) is 92.9 Å². The van der Waals surface area contributed by atoms with Gasteiger partial charge >= 0.3 is 5.69 Å². The molecule has 0 aliphatic heterocycles. The molecule has 2 heterocycles. The first-order valence-corrected chi connectivity index (χ1v) is 6.80. The number of H-pyrrole nitrogens is 1. The number of nitrogen functional groups attached to an aromatic ring is 1. The van der Waals surface area contributed by atoms with E-state index in [9.17, 15) is 9.59 Å². The van der Waals surface area contributed by atoms with Crippen LogP contribution in [0.1, 0.15) is 17.4 Å². The Morgan fingerprint density at radius 3 is 2.89 bits per heavy atom. The first-order chi connectivity index (χ1) is 9.04. The number of nitrogens with zero attached hydrogens (tertiary/aromatic N) is 1. The fourth-order valence-corrected chi connectivity index (χ4v) is 2.73. The number of aromatic amines is 1. The van der Waals surface area contributed by atoms with Crippen LogP contribution in [0.4, 0.5) is 11.5 Å². The predicted molar refractivity (Wildman–Crippen MR) is 77.7 cm³/mol. The number of rotatable bonds is 4. The van der Waals surface area contributed by atoms with Crippen LogP contribution in [-0.4, -0.2) is 9.55 Å². The summed E-state index contributed by atoms with van der Waals surface area (Å²) in [5.74, 6) is 0.142. The Morgan fingerprint density at radius 1 is 1.47 bits per heavy atom. The Hall–Kier alpha value is -2.02. The van der Waals surface area contributed by atoms with Crippen LogP contribution in [0.15, 0.2) is 21.0 Å². The van der Waals surface area contributed by atoms with Crippen molar-refractivity contribution >= 4 is 22.8 Å². The van der Waals surface area contributed by atoms with Gasteiger partial charge in [-0.25, -0.2) is 4.79 Å². The first kappa shape index (κ1) is 13.4. The number of aromatic nitrogens is 2. The molecule has 0 atom stereocenters. The largest absolute Gasteiger partial charge is 0.383 e. The molecule has 0 radical (unpaired) electrons. The van der Waals surface area contributed by atoms with Gasteiger partial charge in [0.2, 0.25) is 0 Å². The molecule has 0 unspecified atom stereocenters. The number of thiophene rings is 1. The van der Waals surface area contributed by atoms with Crippen LogP contribution in [0.2, 0.25) is 0 Å². The van der Waals surface area contributed by atoms with Crippen molar-refractivity contribution in [2.24, 2.45) is 7.05 Å². The van der Waals surface area contributed by atoms with Gasteiger partial charge in [-0.05, 0) is 23.4 Å². The molecule has 102 valence electrons. The van der Waals surface area contributed by atoms with E-state index in [1.165, 1.54) is 17.2 Å². The van der Waals surface area contributed by atoms with Crippen LogP contribution in [0.25, 0.3) is 0 Å². The second-order valence-electron chi connectivity index (χ2n) is 4.15. The molecule has 7 heteroatoms. The molecule has 0 saturated heterocycles. The monoisotopic (exact) mass is 280 g/mol. The van der Waals surface area contributed by atoms with E-state index in [-0.39, 0.29) is 11.5 Å². The lowest BCUT2D eigenvalue weighted by Gasteiger charge is -2.10. The van der Waals surface area contributed by atoms with Gasteiger partial charge in [-0.2, -0.15) is 0 Å². The molecule has 0 aromatic carbocycles. The van der Waals surface area contributed by atoms with Gasteiger partial charge < -0.3 is 11.1 Å². The van der Waals surface area contributed by atoms with E-state index in [4.69, 9.17) is 5.73 Å². The van der Waals surface area contributed by atoms with Crippen molar-refractivity contribution < 1.29 is 0 Å². The van der Waals surface area contributed by atoms with Gasteiger partial charge in [0.25, 0.3) is 5.56 Å². The summed E-state index contributed by atoms with van der Waals surface area (Å²) < 4.78 is 1.21. The third kappa shape index (κ3) is 2.55. The quantitative estimate of drug-likeness (QED) is 0.775. The second-order valence-corrected chi connectivity index (χ2v) is 5.16. The summed E-state index contributed by atoms with van der Waals surface area (Å²) in [5, 5.41) is 5.03.